The molecule has 3 N–H and O–H groups in total. The van der Waals surface area contributed by atoms with E-state index in [0.717, 1.165) is 24.8 Å². The predicted molar refractivity (Wildman–Crippen MR) is 93.0 cm³/mol. The minimum atomic E-state index is -0.552. The van der Waals surface area contributed by atoms with Crippen molar-refractivity contribution >= 4 is 11.9 Å². The molecule has 0 spiro atoms. The van der Waals surface area contributed by atoms with Gasteiger partial charge in [-0.3, -0.25) is 4.79 Å². The van der Waals surface area contributed by atoms with E-state index in [1.807, 2.05) is 20.8 Å². The van der Waals surface area contributed by atoms with Crippen molar-refractivity contribution in [3.05, 3.63) is 35.6 Å². The molecule has 0 fully saturated rings. The first-order valence-electron chi connectivity index (χ1n) is 8.59. The molecule has 0 bridgehead atoms. The SMILES string of the molecule is CCC[C@@H](NC(=O)NCc1ccc(F)cc1)C(=O)NC(CC)CC. The van der Waals surface area contributed by atoms with Gasteiger partial charge in [-0.1, -0.05) is 39.3 Å². The Balaban J connectivity index is 2.52. The highest BCUT2D eigenvalue weighted by atomic mass is 19.1. The summed E-state index contributed by atoms with van der Waals surface area (Å²) in [4.78, 5) is 24.3. The molecule has 0 unspecified atom stereocenters. The molecule has 0 aliphatic carbocycles. The zero-order valence-electron chi connectivity index (χ0n) is 14.7. The van der Waals surface area contributed by atoms with Gasteiger partial charge < -0.3 is 16.0 Å². The highest BCUT2D eigenvalue weighted by Gasteiger charge is 2.21. The average molecular weight is 337 g/mol. The third kappa shape index (κ3) is 6.98. The molecule has 0 aliphatic rings. The number of hydrogen-bond acceptors (Lipinski definition) is 2. The molecule has 134 valence electrons. The molecule has 0 saturated carbocycles. The number of urea groups is 1. The van der Waals surface area contributed by atoms with Crippen LogP contribution in [0.1, 0.15) is 52.0 Å². The fourth-order valence-corrected chi connectivity index (χ4v) is 2.35. The summed E-state index contributed by atoms with van der Waals surface area (Å²) in [6.45, 7) is 6.28. The van der Waals surface area contributed by atoms with Crippen LogP contribution >= 0.6 is 0 Å². The second-order valence-electron chi connectivity index (χ2n) is 5.82. The van der Waals surface area contributed by atoms with E-state index in [1.54, 1.807) is 12.1 Å². The average Bonchev–Trinajstić information content (AvgIpc) is 2.58. The Morgan fingerprint density at radius 2 is 1.67 bits per heavy atom. The van der Waals surface area contributed by atoms with Gasteiger partial charge in [0.15, 0.2) is 0 Å². The molecule has 0 aliphatic heterocycles. The van der Waals surface area contributed by atoms with Gasteiger partial charge in [0.05, 0.1) is 0 Å². The summed E-state index contributed by atoms with van der Waals surface area (Å²) in [5.74, 6) is -0.466. The summed E-state index contributed by atoms with van der Waals surface area (Å²) in [6, 6.07) is 5.08. The molecule has 0 heterocycles. The summed E-state index contributed by atoms with van der Waals surface area (Å²) in [7, 11) is 0. The molecule has 1 rings (SSSR count). The third-order valence-electron chi connectivity index (χ3n) is 3.90. The summed E-state index contributed by atoms with van der Waals surface area (Å²) in [5.41, 5.74) is 0.792. The smallest absolute Gasteiger partial charge is 0.315 e. The lowest BCUT2D eigenvalue weighted by Gasteiger charge is -2.22. The lowest BCUT2D eigenvalue weighted by Crippen LogP contribution is -2.51. The van der Waals surface area contributed by atoms with E-state index in [1.165, 1.54) is 12.1 Å². The van der Waals surface area contributed by atoms with E-state index in [4.69, 9.17) is 0 Å². The van der Waals surface area contributed by atoms with Gasteiger partial charge in [-0.15, -0.1) is 0 Å². The number of halogens is 1. The van der Waals surface area contributed by atoms with Gasteiger partial charge in [-0.05, 0) is 37.0 Å². The first-order chi connectivity index (χ1) is 11.5. The van der Waals surface area contributed by atoms with E-state index >= 15 is 0 Å². The van der Waals surface area contributed by atoms with Crippen LogP contribution < -0.4 is 16.0 Å². The van der Waals surface area contributed by atoms with Gasteiger partial charge in [-0.2, -0.15) is 0 Å². The maximum atomic E-state index is 12.8. The fourth-order valence-electron chi connectivity index (χ4n) is 2.35. The maximum Gasteiger partial charge on any atom is 0.315 e. The largest absolute Gasteiger partial charge is 0.352 e. The van der Waals surface area contributed by atoms with Crippen LogP contribution in [0.4, 0.5) is 9.18 Å². The molecule has 1 aromatic carbocycles. The van der Waals surface area contributed by atoms with Gasteiger partial charge >= 0.3 is 6.03 Å². The Morgan fingerprint density at radius 3 is 2.21 bits per heavy atom. The van der Waals surface area contributed by atoms with Gasteiger partial charge in [-0.25, -0.2) is 9.18 Å². The minimum absolute atomic E-state index is 0.126. The molecular weight excluding hydrogens is 309 g/mol. The van der Waals surface area contributed by atoms with Crippen molar-refractivity contribution in [2.75, 3.05) is 0 Å². The zero-order chi connectivity index (χ0) is 17.9. The Kier molecular flexibility index (Phi) is 8.83. The normalized spacial score (nSPS) is 11.9. The van der Waals surface area contributed by atoms with Gasteiger partial charge in [0.1, 0.15) is 11.9 Å². The molecule has 3 amide bonds. The third-order valence-corrected chi connectivity index (χ3v) is 3.90. The first kappa shape index (κ1) is 19.9. The number of amides is 3. The van der Waals surface area contributed by atoms with Gasteiger partial charge in [0, 0.05) is 12.6 Å². The van der Waals surface area contributed by atoms with Crippen molar-refractivity contribution in [2.45, 2.75) is 65.1 Å². The van der Waals surface area contributed by atoms with Crippen LogP contribution in [-0.4, -0.2) is 24.0 Å². The molecule has 24 heavy (non-hydrogen) atoms. The minimum Gasteiger partial charge on any atom is -0.352 e. The molecule has 1 atom stereocenters. The highest BCUT2D eigenvalue weighted by Crippen LogP contribution is 2.03. The first-order valence-corrected chi connectivity index (χ1v) is 8.59. The number of hydrogen-bond donors (Lipinski definition) is 3. The number of rotatable bonds is 9. The second kappa shape index (κ2) is 10.6. The topological polar surface area (TPSA) is 70.2 Å². The molecule has 0 saturated heterocycles. The zero-order valence-corrected chi connectivity index (χ0v) is 14.7. The number of benzene rings is 1. The molecule has 1 aromatic rings. The van der Waals surface area contributed by atoms with Gasteiger partial charge in [0.25, 0.3) is 0 Å². The fraction of sp³-hybridized carbons (Fsp3) is 0.556. The van der Waals surface area contributed by atoms with Crippen molar-refractivity contribution in [2.24, 2.45) is 0 Å². The number of carbonyl (C=O) groups is 2. The van der Waals surface area contributed by atoms with Crippen LogP contribution in [0.2, 0.25) is 0 Å². The standard InChI is InChI=1S/C18H28FN3O2/c1-4-7-16(17(23)21-15(5-2)6-3)22-18(24)20-12-13-8-10-14(19)11-9-13/h8-11,15-16H,4-7,12H2,1-3H3,(H,21,23)(H2,20,22,24)/t16-/m1/s1. The van der Waals surface area contributed by atoms with E-state index in [2.05, 4.69) is 16.0 Å². The quantitative estimate of drug-likeness (QED) is 0.648. The number of nitrogens with one attached hydrogen (secondary N) is 3. The number of carbonyl (C=O) groups excluding carboxylic acids is 2. The summed E-state index contributed by atoms with van der Waals surface area (Å²) in [6.07, 6.45) is 3.09. The van der Waals surface area contributed by atoms with E-state index in [-0.39, 0.29) is 24.3 Å². The van der Waals surface area contributed by atoms with Crippen LogP contribution in [-0.2, 0) is 11.3 Å². The van der Waals surface area contributed by atoms with Crippen molar-refractivity contribution in [3.8, 4) is 0 Å². The van der Waals surface area contributed by atoms with Crippen LogP contribution in [0.5, 0.6) is 0 Å². The van der Waals surface area contributed by atoms with Crippen LogP contribution in [0.25, 0.3) is 0 Å². The van der Waals surface area contributed by atoms with Crippen LogP contribution in [0, 0.1) is 5.82 Å². The van der Waals surface area contributed by atoms with Crippen molar-refractivity contribution in [3.63, 3.8) is 0 Å². The van der Waals surface area contributed by atoms with Gasteiger partial charge in [0.2, 0.25) is 5.91 Å². The van der Waals surface area contributed by atoms with E-state index in [9.17, 15) is 14.0 Å². The Bertz CT molecular complexity index is 516. The maximum absolute atomic E-state index is 12.8. The molecule has 5 nitrogen and oxygen atoms in total. The molecular formula is C18H28FN3O2. The van der Waals surface area contributed by atoms with E-state index in [0.29, 0.717) is 6.42 Å². The lowest BCUT2D eigenvalue weighted by molar-refractivity contribution is -0.123. The highest BCUT2D eigenvalue weighted by molar-refractivity contribution is 5.87. The van der Waals surface area contributed by atoms with Crippen molar-refractivity contribution < 1.29 is 14.0 Å². The van der Waals surface area contributed by atoms with Crippen LogP contribution in [0.15, 0.2) is 24.3 Å². The monoisotopic (exact) mass is 337 g/mol. The predicted octanol–water partition coefficient (Wildman–Crippen LogP) is 3.10. The van der Waals surface area contributed by atoms with Crippen molar-refractivity contribution in [1.82, 2.24) is 16.0 Å². The molecule has 0 aromatic heterocycles. The Morgan fingerprint density at radius 1 is 1.04 bits per heavy atom. The Hall–Kier alpha value is -2.11. The summed E-state index contributed by atoms with van der Waals surface area (Å²) in [5, 5.41) is 8.37. The van der Waals surface area contributed by atoms with E-state index < -0.39 is 12.1 Å². The summed E-state index contributed by atoms with van der Waals surface area (Å²) < 4.78 is 12.8. The van der Waals surface area contributed by atoms with Crippen LogP contribution in [0.3, 0.4) is 0 Å². The molecule has 6 heteroatoms. The second-order valence-corrected chi connectivity index (χ2v) is 5.82. The summed E-state index contributed by atoms with van der Waals surface area (Å²) >= 11 is 0. The lowest BCUT2D eigenvalue weighted by atomic mass is 10.1. The molecule has 0 radical (unpaired) electrons. The van der Waals surface area contributed by atoms with Crippen molar-refractivity contribution in [1.29, 1.82) is 0 Å². The Labute approximate surface area is 143 Å².